The molecule has 5 heteroatoms. The highest BCUT2D eigenvalue weighted by atomic mass is 16.4. The average Bonchev–Trinajstić information content (AvgIpc) is 2.94. The van der Waals surface area contributed by atoms with Crippen LogP contribution in [-0.4, -0.2) is 26.0 Å². The average molecular weight is 280 g/mol. The third-order valence-electron chi connectivity index (χ3n) is 3.11. The Morgan fingerprint density at radius 3 is 2.33 bits per heavy atom. The monoisotopic (exact) mass is 280 g/mol. The number of carboxylic acid groups (broad SMARTS) is 1. The van der Waals surface area contributed by atoms with Gasteiger partial charge in [-0.1, -0.05) is 42.5 Å². The molecule has 0 aliphatic rings. The molecule has 0 atom stereocenters. The summed E-state index contributed by atoms with van der Waals surface area (Å²) in [6.07, 6.45) is 0. The van der Waals surface area contributed by atoms with Gasteiger partial charge in [-0.2, -0.15) is 5.10 Å². The second kappa shape index (κ2) is 5.13. The van der Waals surface area contributed by atoms with Gasteiger partial charge in [0.25, 0.3) is 0 Å². The van der Waals surface area contributed by atoms with E-state index in [0.29, 0.717) is 11.4 Å². The molecule has 3 rings (SSSR count). The summed E-state index contributed by atoms with van der Waals surface area (Å²) in [5.74, 6) is -1.07. The predicted molar refractivity (Wildman–Crippen MR) is 77.6 cm³/mol. The molecule has 0 spiro atoms. The first-order valence-electron chi connectivity index (χ1n) is 6.34. The lowest BCUT2D eigenvalue weighted by Crippen LogP contribution is -2.02. The largest absolute Gasteiger partial charge is 0.506 e. The minimum atomic E-state index is -1.11. The first-order valence-corrected chi connectivity index (χ1v) is 6.34. The van der Waals surface area contributed by atoms with Crippen molar-refractivity contribution in [2.75, 3.05) is 0 Å². The normalized spacial score (nSPS) is 10.5. The number of carbonyl (C=O) groups is 1. The fourth-order valence-electron chi connectivity index (χ4n) is 2.13. The molecule has 21 heavy (non-hydrogen) atoms. The Kier molecular flexibility index (Phi) is 3.16. The Bertz CT molecular complexity index is 794. The Morgan fingerprint density at radius 1 is 1.00 bits per heavy atom. The van der Waals surface area contributed by atoms with Gasteiger partial charge in [0, 0.05) is 5.56 Å². The zero-order valence-corrected chi connectivity index (χ0v) is 11.0. The maximum Gasteiger partial charge on any atom is 0.356 e. The van der Waals surface area contributed by atoms with E-state index < -0.39 is 5.97 Å². The van der Waals surface area contributed by atoms with Gasteiger partial charge in [0.05, 0.1) is 5.69 Å². The van der Waals surface area contributed by atoms with E-state index in [2.05, 4.69) is 5.10 Å². The van der Waals surface area contributed by atoms with Crippen molar-refractivity contribution in [3.8, 4) is 22.7 Å². The maximum atomic E-state index is 11.2. The molecular formula is C16H12N2O3. The summed E-state index contributed by atoms with van der Waals surface area (Å²) in [6.45, 7) is 0. The molecule has 2 N–H and O–H groups in total. The minimum absolute atomic E-state index is 0.0368. The van der Waals surface area contributed by atoms with Crippen molar-refractivity contribution in [3.63, 3.8) is 0 Å². The minimum Gasteiger partial charge on any atom is -0.506 e. The second-order valence-electron chi connectivity index (χ2n) is 4.49. The Labute approximate surface area is 120 Å². The number of carboxylic acids is 1. The Balaban J connectivity index is 2.24. The van der Waals surface area contributed by atoms with E-state index in [9.17, 15) is 9.90 Å². The van der Waals surface area contributed by atoms with E-state index in [4.69, 9.17) is 5.11 Å². The van der Waals surface area contributed by atoms with Crippen molar-refractivity contribution in [1.29, 1.82) is 0 Å². The van der Waals surface area contributed by atoms with Crippen molar-refractivity contribution in [2.45, 2.75) is 0 Å². The summed E-state index contributed by atoms with van der Waals surface area (Å²) < 4.78 is 1.44. The zero-order valence-electron chi connectivity index (χ0n) is 11.0. The van der Waals surface area contributed by atoms with Crippen LogP contribution in [0.25, 0.3) is 16.9 Å². The maximum absolute atomic E-state index is 11.2. The summed E-state index contributed by atoms with van der Waals surface area (Å²) in [5, 5.41) is 23.2. The van der Waals surface area contributed by atoms with Crippen LogP contribution in [0.5, 0.6) is 5.75 Å². The van der Waals surface area contributed by atoms with Gasteiger partial charge in [0.1, 0.15) is 11.4 Å². The van der Waals surface area contributed by atoms with E-state index >= 15 is 0 Å². The van der Waals surface area contributed by atoms with Crippen LogP contribution in [0.1, 0.15) is 10.5 Å². The van der Waals surface area contributed by atoms with Crippen LogP contribution in [-0.2, 0) is 0 Å². The molecule has 1 aromatic heterocycles. The Hall–Kier alpha value is -3.08. The van der Waals surface area contributed by atoms with Crippen LogP contribution < -0.4 is 0 Å². The molecule has 3 aromatic rings. The lowest BCUT2D eigenvalue weighted by Gasteiger charge is -2.08. The number of hydrogen-bond acceptors (Lipinski definition) is 3. The predicted octanol–water partition coefficient (Wildman–Crippen LogP) is 2.94. The summed E-state index contributed by atoms with van der Waals surface area (Å²) in [7, 11) is 0. The van der Waals surface area contributed by atoms with E-state index in [1.807, 2.05) is 30.3 Å². The summed E-state index contributed by atoms with van der Waals surface area (Å²) in [4.78, 5) is 11.2. The molecule has 1 heterocycles. The van der Waals surface area contributed by atoms with Crippen LogP contribution in [0.3, 0.4) is 0 Å². The first kappa shape index (κ1) is 12.9. The topological polar surface area (TPSA) is 75.3 Å². The van der Waals surface area contributed by atoms with Crippen LogP contribution in [0.4, 0.5) is 0 Å². The van der Waals surface area contributed by atoms with E-state index in [0.717, 1.165) is 5.56 Å². The third-order valence-corrected chi connectivity index (χ3v) is 3.11. The van der Waals surface area contributed by atoms with Gasteiger partial charge in [-0.05, 0) is 18.2 Å². The van der Waals surface area contributed by atoms with Gasteiger partial charge in [0.2, 0.25) is 0 Å². The number of nitrogens with zero attached hydrogens (tertiary/aromatic N) is 2. The standard InChI is InChI=1S/C16H12N2O3/c19-15-9-5-4-8-13(15)18-14(10-12(17-18)16(20)21)11-6-2-1-3-7-11/h1-10,19H,(H,20,21). The number of para-hydroxylation sites is 2. The number of benzene rings is 2. The quantitative estimate of drug-likeness (QED) is 0.773. The highest BCUT2D eigenvalue weighted by Crippen LogP contribution is 2.28. The molecule has 0 bridgehead atoms. The van der Waals surface area contributed by atoms with E-state index in [1.165, 1.54) is 16.8 Å². The molecule has 0 amide bonds. The molecule has 0 fully saturated rings. The summed E-state index contributed by atoms with van der Waals surface area (Å²) >= 11 is 0. The fourth-order valence-corrected chi connectivity index (χ4v) is 2.13. The number of hydrogen-bond donors (Lipinski definition) is 2. The summed E-state index contributed by atoms with van der Waals surface area (Å²) in [6, 6.07) is 17.5. The smallest absolute Gasteiger partial charge is 0.356 e. The zero-order chi connectivity index (χ0) is 14.8. The molecule has 2 aromatic carbocycles. The van der Waals surface area contributed by atoms with Crippen molar-refractivity contribution in [2.24, 2.45) is 0 Å². The fraction of sp³-hybridized carbons (Fsp3) is 0. The number of rotatable bonds is 3. The SMILES string of the molecule is O=C(O)c1cc(-c2ccccc2)n(-c2ccccc2O)n1. The Morgan fingerprint density at radius 2 is 1.67 bits per heavy atom. The molecule has 5 nitrogen and oxygen atoms in total. The highest BCUT2D eigenvalue weighted by molar-refractivity contribution is 5.87. The molecular weight excluding hydrogens is 268 g/mol. The van der Waals surface area contributed by atoms with Crippen molar-refractivity contribution < 1.29 is 15.0 Å². The van der Waals surface area contributed by atoms with Crippen molar-refractivity contribution in [1.82, 2.24) is 9.78 Å². The molecule has 0 radical (unpaired) electrons. The van der Waals surface area contributed by atoms with Crippen LogP contribution in [0.2, 0.25) is 0 Å². The van der Waals surface area contributed by atoms with Gasteiger partial charge in [0.15, 0.2) is 5.69 Å². The lowest BCUT2D eigenvalue weighted by atomic mass is 10.1. The third kappa shape index (κ3) is 2.36. The second-order valence-corrected chi connectivity index (χ2v) is 4.49. The number of aromatic carboxylic acids is 1. The molecule has 104 valence electrons. The van der Waals surface area contributed by atoms with Crippen molar-refractivity contribution >= 4 is 5.97 Å². The van der Waals surface area contributed by atoms with E-state index in [1.54, 1.807) is 18.2 Å². The lowest BCUT2D eigenvalue weighted by molar-refractivity contribution is 0.0690. The highest BCUT2D eigenvalue weighted by Gasteiger charge is 2.17. The van der Waals surface area contributed by atoms with Gasteiger partial charge in [-0.15, -0.1) is 0 Å². The number of aromatic nitrogens is 2. The summed E-state index contributed by atoms with van der Waals surface area (Å²) in [5.41, 5.74) is 1.79. The van der Waals surface area contributed by atoms with E-state index in [-0.39, 0.29) is 11.4 Å². The van der Waals surface area contributed by atoms with Crippen molar-refractivity contribution in [3.05, 3.63) is 66.4 Å². The molecule has 0 saturated carbocycles. The number of phenols is 1. The molecule has 0 saturated heterocycles. The first-order chi connectivity index (χ1) is 10.2. The van der Waals surface area contributed by atoms with Crippen LogP contribution in [0.15, 0.2) is 60.7 Å². The van der Waals surface area contributed by atoms with Crippen LogP contribution >= 0.6 is 0 Å². The molecule has 0 unspecified atom stereocenters. The molecule has 0 aliphatic heterocycles. The van der Waals surface area contributed by atoms with Gasteiger partial charge < -0.3 is 10.2 Å². The van der Waals surface area contributed by atoms with Gasteiger partial charge in [-0.25, -0.2) is 9.48 Å². The van der Waals surface area contributed by atoms with Gasteiger partial charge >= 0.3 is 5.97 Å². The number of phenolic OH excluding ortho intramolecular Hbond substituents is 1. The van der Waals surface area contributed by atoms with Crippen LogP contribution in [0, 0.1) is 0 Å². The molecule has 0 aliphatic carbocycles. The number of aromatic hydroxyl groups is 1. The van der Waals surface area contributed by atoms with Gasteiger partial charge in [-0.3, -0.25) is 0 Å².